The summed E-state index contributed by atoms with van der Waals surface area (Å²) in [6.45, 7) is 3.47. The fourth-order valence-corrected chi connectivity index (χ4v) is 3.08. The molecule has 2 unspecified atom stereocenters. The minimum absolute atomic E-state index is 0.123. The van der Waals surface area contributed by atoms with Crippen LogP contribution in [0.3, 0.4) is 0 Å². The van der Waals surface area contributed by atoms with E-state index >= 15 is 0 Å². The minimum Gasteiger partial charge on any atom is -0.330 e. The fourth-order valence-electron chi connectivity index (χ4n) is 3.08. The zero-order valence-electron chi connectivity index (χ0n) is 11.3. The Hall–Kier alpha value is -0.930. The molecule has 1 aromatic carbocycles. The summed E-state index contributed by atoms with van der Waals surface area (Å²) in [6, 6.07) is 5.97. The Kier molecular flexibility index (Phi) is 4.36. The lowest BCUT2D eigenvalue weighted by Crippen LogP contribution is -2.37. The molecule has 2 atom stereocenters. The van der Waals surface area contributed by atoms with Gasteiger partial charge >= 0.3 is 0 Å². The third kappa shape index (κ3) is 2.90. The summed E-state index contributed by atoms with van der Waals surface area (Å²) >= 11 is 0. The standard InChI is InChI=1S/C15H23FN2/c1-11-8-12(6-7-14(11)16)10-18(2)15-5-3-4-13(15)9-17/h6-8,13,15H,3-5,9-10,17H2,1-2H3. The molecule has 0 aliphatic heterocycles. The van der Waals surface area contributed by atoms with Crippen LogP contribution in [0.25, 0.3) is 0 Å². The molecule has 0 heterocycles. The first-order chi connectivity index (χ1) is 8.61. The Balaban J connectivity index is 2.02. The average Bonchev–Trinajstić information content (AvgIpc) is 2.82. The summed E-state index contributed by atoms with van der Waals surface area (Å²) < 4.78 is 13.2. The second-order valence-corrected chi connectivity index (χ2v) is 5.49. The maximum Gasteiger partial charge on any atom is 0.126 e. The maximum atomic E-state index is 13.2. The van der Waals surface area contributed by atoms with Crippen molar-refractivity contribution in [2.24, 2.45) is 11.7 Å². The van der Waals surface area contributed by atoms with Crippen LogP contribution < -0.4 is 5.73 Å². The van der Waals surface area contributed by atoms with E-state index in [1.54, 1.807) is 6.07 Å². The van der Waals surface area contributed by atoms with Gasteiger partial charge in [-0.3, -0.25) is 4.90 Å². The highest BCUT2D eigenvalue weighted by Gasteiger charge is 2.29. The van der Waals surface area contributed by atoms with Gasteiger partial charge < -0.3 is 5.73 Å². The van der Waals surface area contributed by atoms with Gasteiger partial charge in [0.1, 0.15) is 5.82 Å². The monoisotopic (exact) mass is 250 g/mol. The first-order valence-corrected chi connectivity index (χ1v) is 6.77. The zero-order chi connectivity index (χ0) is 13.1. The highest BCUT2D eigenvalue weighted by molar-refractivity contribution is 5.23. The van der Waals surface area contributed by atoms with Gasteiger partial charge in [0, 0.05) is 12.6 Å². The van der Waals surface area contributed by atoms with Crippen molar-refractivity contribution in [3.63, 3.8) is 0 Å². The van der Waals surface area contributed by atoms with Gasteiger partial charge in [0.15, 0.2) is 0 Å². The van der Waals surface area contributed by atoms with E-state index in [2.05, 4.69) is 11.9 Å². The van der Waals surface area contributed by atoms with Crippen LogP contribution in [0, 0.1) is 18.7 Å². The number of hydrogen-bond donors (Lipinski definition) is 1. The summed E-state index contributed by atoms with van der Waals surface area (Å²) in [5.41, 5.74) is 7.73. The number of halogens is 1. The first-order valence-electron chi connectivity index (χ1n) is 6.77. The number of nitrogens with two attached hydrogens (primary N) is 1. The third-order valence-corrected chi connectivity index (χ3v) is 4.14. The van der Waals surface area contributed by atoms with Crippen LogP contribution in [0.1, 0.15) is 30.4 Å². The van der Waals surface area contributed by atoms with Gasteiger partial charge in [-0.2, -0.15) is 0 Å². The first kappa shape index (κ1) is 13.5. The Morgan fingerprint density at radius 1 is 1.39 bits per heavy atom. The molecule has 0 saturated heterocycles. The summed E-state index contributed by atoms with van der Waals surface area (Å²) in [5.74, 6) is 0.499. The number of hydrogen-bond acceptors (Lipinski definition) is 2. The van der Waals surface area contributed by atoms with Crippen molar-refractivity contribution in [3.8, 4) is 0 Å². The van der Waals surface area contributed by atoms with E-state index < -0.39 is 0 Å². The van der Waals surface area contributed by atoms with Crippen LogP contribution >= 0.6 is 0 Å². The smallest absolute Gasteiger partial charge is 0.126 e. The van der Waals surface area contributed by atoms with E-state index in [0.717, 1.165) is 18.7 Å². The van der Waals surface area contributed by atoms with Gasteiger partial charge in [-0.05, 0) is 56.5 Å². The van der Waals surface area contributed by atoms with Crippen molar-refractivity contribution in [3.05, 3.63) is 35.1 Å². The van der Waals surface area contributed by atoms with Crippen molar-refractivity contribution in [2.75, 3.05) is 13.6 Å². The predicted octanol–water partition coefficient (Wildman–Crippen LogP) is 2.69. The molecule has 1 aliphatic rings. The van der Waals surface area contributed by atoms with Gasteiger partial charge in [-0.1, -0.05) is 18.6 Å². The fraction of sp³-hybridized carbons (Fsp3) is 0.600. The quantitative estimate of drug-likeness (QED) is 0.890. The number of benzene rings is 1. The lowest BCUT2D eigenvalue weighted by atomic mass is 10.0. The molecular weight excluding hydrogens is 227 g/mol. The van der Waals surface area contributed by atoms with Gasteiger partial charge in [0.2, 0.25) is 0 Å². The predicted molar refractivity (Wildman–Crippen MR) is 72.8 cm³/mol. The second kappa shape index (κ2) is 5.81. The Morgan fingerprint density at radius 3 is 2.83 bits per heavy atom. The summed E-state index contributed by atoms with van der Waals surface area (Å²) in [5, 5.41) is 0. The lowest BCUT2D eigenvalue weighted by Gasteiger charge is -2.29. The molecular formula is C15H23FN2. The minimum atomic E-state index is -0.123. The van der Waals surface area contributed by atoms with Gasteiger partial charge in [0.05, 0.1) is 0 Å². The molecule has 3 heteroatoms. The van der Waals surface area contributed by atoms with Gasteiger partial charge in [0.25, 0.3) is 0 Å². The van der Waals surface area contributed by atoms with E-state index in [0.29, 0.717) is 12.0 Å². The number of aryl methyl sites for hydroxylation is 1. The molecule has 0 amide bonds. The van der Waals surface area contributed by atoms with Crippen LogP contribution in [0.5, 0.6) is 0 Å². The molecule has 0 aromatic heterocycles. The highest BCUT2D eigenvalue weighted by Crippen LogP contribution is 2.29. The van der Waals surface area contributed by atoms with E-state index in [4.69, 9.17) is 5.73 Å². The van der Waals surface area contributed by atoms with Crippen LogP contribution in [-0.2, 0) is 6.54 Å². The Morgan fingerprint density at radius 2 is 2.17 bits per heavy atom. The van der Waals surface area contributed by atoms with Crippen LogP contribution in [0.15, 0.2) is 18.2 Å². The lowest BCUT2D eigenvalue weighted by molar-refractivity contribution is 0.193. The number of rotatable bonds is 4. The molecule has 18 heavy (non-hydrogen) atoms. The van der Waals surface area contributed by atoms with Crippen molar-refractivity contribution >= 4 is 0 Å². The average molecular weight is 250 g/mol. The van der Waals surface area contributed by atoms with E-state index in [1.807, 2.05) is 19.1 Å². The van der Waals surface area contributed by atoms with Crippen molar-refractivity contribution < 1.29 is 4.39 Å². The largest absolute Gasteiger partial charge is 0.330 e. The molecule has 100 valence electrons. The van der Waals surface area contributed by atoms with Crippen molar-refractivity contribution in [1.29, 1.82) is 0 Å². The summed E-state index contributed by atoms with van der Waals surface area (Å²) in [7, 11) is 2.15. The molecule has 0 radical (unpaired) electrons. The van der Waals surface area contributed by atoms with Crippen LogP contribution in [0.2, 0.25) is 0 Å². The summed E-state index contributed by atoms with van der Waals surface area (Å²) in [4.78, 5) is 2.37. The number of nitrogens with zero attached hydrogens (tertiary/aromatic N) is 1. The Bertz CT molecular complexity index is 405. The Labute approximate surface area is 109 Å². The maximum absolute atomic E-state index is 13.2. The van der Waals surface area contributed by atoms with Gasteiger partial charge in [-0.25, -0.2) is 4.39 Å². The normalized spacial score (nSPS) is 23.8. The molecule has 1 aliphatic carbocycles. The van der Waals surface area contributed by atoms with Crippen LogP contribution in [-0.4, -0.2) is 24.5 Å². The second-order valence-electron chi connectivity index (χ2n) is 5.49. The highest BCUT2D eigenvalue weighted by atomic mass is 19.1. The zero-order valence-corrected chi connectivity index (χ0v) is 11.3. The van der Waals surface area contributed by atoms with E-state index in [9.17, 15) is 4.39 Å². The molecule has 0 bridgehead atoms. The molecule has 2 nitrogen and oxygen atoms in total. The topological polar surface area (TPSA) is 29.3 Å². The van der Waals surface area contributed by atoms with Crippen molar-refractivity contribution in [1.82, 2.24) is 4.90 Å². The SMILES string of the molecule is Cc1cc(CN(C)C2CCCC2CN)ccc1F. The molecule has 1 aromatic rings. The summed E-state index contributed by atoms with van der Waals surface area (Å²) in [6.07, 6.45) is 3.76. The molecule has 1 saturated carbocycles. The van der Waals surface area contributed by atoms with Crippen LogP contribution in [0.4, 0.5) is 4.39 Å². The van der Waals surface area contributed by atoms with Gasteiger partial charge in [-0.15, -0.1) is 0 Å². The van der Waals surface area contributed by atoms with E-state index in [-0.39, 0.29) is 5.82 Å². The van der Waals surface area contributed by atoms with Crippen molar-refractivity contribution in [2.45, 2.75) is 38.8 Å². The third-order valence-electron chi connectivity index (χ3n) is 4.14. The van der Waals surface area contributed by atoms with E-state index in [1.165, 1.54) is 24.8 Å². The molecule has 1 fully saturated rings. The molecule has 0 spiro atoms. The molecule has 2 rings (SSSR count). The molecule has 2 N–H and O–H groups in total.